The van der Waals surface area contributed by atoms with Crippen molar-refractivity contribution in [1.82, 2.24) is 4.90 Å². The number of likely N-dealkylation sites (tertiary alicyclic amines) is 1. The van der Waals surface area contributed by atoms with Gasteiger partial charge < -0.3 is 14.4 Å². The summed E-state index contributed by atoms with van der Waals surface area (Å²) in [6.07, 6.45) is 2.49. The van der Waals surface area contributed by atoms with E-state index in [2.05, 4.69) is 6.07 Å². The smallest absolute Gasteiger partial charge is 0.324 e. The van der Waals surface area contributed by atoms with E-state index < -0.39 is 5.79 Å². The number of urea groups is 1. The van der Waals surface area contributed by atoms with Crippen LogP contribution in [0.25, 0.3) is 0 Å². The van der Waals surface area contributed by atoms with Crippen LogP contribution in [0.2, 0.25) is 0 Å². The van der Waals surface area contributed by atoms with Crippen LogP contribution in [0.5, 0.6) is 0 Å². The third-order valence-corrected chi connectivity index (χ3v) is 4.73. The van der Waals surface area contributed by atoms with Crippen LogP contribution in [-0.2, 0) is 15.9 Å². The van der Waals surface area contributed by atoms with Crippen molar-refractivity contribution in [2.24, 2.45) is 0 Å². The number of amides is 2. The lowest BCUT2D eigenvalue weighted by Crippen LogP contribution is -2.51. The third-order valence-electron chi connectivity index (χ3n) is 4.73. The largest absolute Gasteiger partial charge is 0.347 e. The van der Waals surface area contributed by atoms with E-state index in [1.165, 1.54) is 5.56 Å². The molecule has 5 heteroatoms. The van der Waals surface area contributed by atoms with E-state index in [1.54, 1.807) is 0 Å². The van der Waals surface area contributed by atoms with Gasteiger partial charge in [0, 0.05) is 38.2 Å². The Morgan fingerprint density at radius 1 is 1.05 bits per heavy atom. The molecule has 1 spiro atoms. The predicted octanol–water partition coefficient (Wildman–Crippen LogP) is 2.01. The van der Waals surface area contributed by atoms with Gasteiger partial charge in [0.1, 0.15) is 0 Å². The molecule has 21 heavy (non-hydrogen) atoms. The van der Waals surface area contributed by atoms with Crippen LogP contribution in [-0.4, -0.2) is 49.6 Å². The molecule has 3 heterocycles. The van der Waals surface area contributed by atoms with Crippen LogP contribution in [0.15, 0.2) is 24.3 Å². The van der Waals surface area contributed by atoms with Gasteiger partial charge in [0.15, 0.2) is 5.79 Å². The average Bonchev–Trinajstić information content (AvgIpc) is 3.15. The van der Waals surface area contributed by atoms with Gasteiger partial charge in [0.25, 0.3) is 0 Å². The second-order valence-corrected chi connectivity index (χ2v) is 5.91. The van der Waals surface area contributed by atoms with E-state index in [9.17, 15) is 4.79 Å². The Morgan fingerprint density at radius 2 is 1.76 bits per heavy atom. The van der Waals surface area contributed by atoms with Gasteiger partial charge >= 0.3 is 6.03 Å². The van der Waals surface area contributed by atoms with Crippen molar-refractivity contribution in [3.8, 4) is 0 Å². The highest BCUT2D eigenvalue weighted by atomic mass is 16.7. The van der Waals surface area contributed by atoms with Gasteiger partial charge in [-0.2, -0.15) is 0 Å². The van der Waals surface area contributed by atoms with Gasteiger partial charge in [-0.15, -0.1) is 0 Å². The molecule has 1 aromatic carbocycles. The fourth-order valence-corrected chi connectivity index (χ4v) is 3.53. The van der Waals surface area contributed by atoms with Gasteiger partial charge in [0.2, 0.25) is 0 Å². The molecule has 0 atom stereocenters. The normalized spacial score (nSPS) is 23.6. The van der Waals surface area contributed by atoms with Crippen LogP contribution < -0.4 is 4.90 Å². The molecule has 0 bridgehead atoms. The maximum atomic E-state index is 12.7. The first-order chi connectivity index (χ1) is 10.3. The van der Waals surface area contributed by atoms with E-state index >= 15 is 0 Å². The van der Waals surface area contributed by atoms with Crippen LogP contribution in [0.4, 0.5) is 10.5 Å². The summed E-state index contributed by atoms with van der Waals surface area (Å²) < 4.78 is 11.4. The van der Waals surface area contributed by atoms with Gasteiger partial charge in [-0.05, 0) is 18.1 Å². The highest BCUT2D eigenvalue weighted by Gasteiger charge is 2.42. The van der Waals surface area contributed by atoms with Crippen LogP contribution >= 0.6 is 0 Å². The van der Waals surface area contributed by atoms with Gasteiger partial charge in [-0.25, -0.2) is 4.79 Å². The van der Waals surface area contributed by atoms with Crippen LogP contribution in [0.1, 0.15) is 18.4 Å². The molecule has 2 saturated heterocycles. The van der Waals surface area contributed by atoms with Crippen molar-refractivity contribution < 1.29 is 14.3 Å². The number of fused-ring (bicyclic) bond motifs is 1. The Kier molecular flexibility index (Phi) is 3.12. The first-order valence-electron chi connectivity index (χ1n) is 7.70. The number of anilines is 1. The molecular weight excluding hydrogens is 268 g/mol. The highest BCUT2D eigenvalue weighted by molar-refractivity contribution is 5.94. The highest BCUT2D eigenvalue weighted by Crippen LogP contribution is 2.33. The number of ether oxygens (including phenoxy) is 2. The minimum atomic E-state index is -0.417. The molecule has 2 amide bonds. The molecule has 3 aliphatic rings. The molecule has 1 aromatic rings. The van der Waals surface area contributed by atoms with Gasteiger partial charge in [0.05, 0.1) is 13.2 Å². The summed E-state index contributed by atoms with van der Waals surface area (Å²) in [5.74, 6) is -0.417. The first kappa shape index (κ1) is 13.1. The molecule has 0 saturated carbocycles. The lowest BCUT2D eigenvalue weighted by molar-refractivity contribution is -0.181. The molecule has 5 nitrogen and oxygen atoms in total. The van der Waals surface area contributed by atoms with Crippen molar-refractivity contribution in [1.29, 1.82) is 0 Å². The van der Waals surface area contributed by atoms with Crippen molar-refractivity contribution >= 4 is 11.7 Å². The zero-order valence-corrected chi connectivity index (χ0v) is 12.1. The molecule has 3 aliphatic heterocycles. The fraction of sp³-hybridized carbons (Fsp3) is 0.562. The van der Waals surface area contributed by atoms with Crippen molar-refractivity contribution in [2.45, 2.75) is 25.0 Å². The summed E-state index contributed by atoms with van der Waals surface area (Å²) in [4.78, 5) is 16.6. The summed E-state index contributed by atoms with van der Waals surface area (Å²) in [6, 6.07) is 8.29. The Balaban J connectivity index is 1.45. The number of carbonyl (C=O) groups excluding carboxylic acids is 1. The standard InChI is InChI=1S/C16H20N2O3/c19-15(18-8-5-13-3-1-2-4-14(13)18)17-9-6-16(7-10-17)20-11-12-21-16/h1-4H,5-12H2. The summed E-state index contributed by atoms with van der Waals surface area (Å²) in [6.45, 7) is 3.54. The first-order valence-corrected chi connectivity index (χ1v) is 7.70. The zero-order valence-electron chi connectivity index (χ0n) is 12.1. The van der Waals surface area contributed by atoms with Crippen molar-refractivity contribution in [3.05, 3.63) is 29.8 Å². The Bertz CT molecular complexity index is 544. The average molecular weight is 288 g/mol. The quantitative estimate of drug-likeness (QED) is 0.733. The summed E-state index contributed by atoms with van der Waals surface area (Å²) in [5.41, 5.74) is 2.33. The monoisotopic (exact) mass is 288 g/mol. The van der Waals surface area contributed by atoms with Crippen molar-refractivity contribution in [3.63, 3.8) is 0 Å². The molecule has 4 rings (SSSR count). The number of piperidine rings is 1. The molecule has 2 fully saturated rings. The molecule has 0 aliphatic carbocycles. The number of benzene rings is 1. The number of rotatable bonds is 0. The number of hydrogen-bond donors (Lipinski definition) is 0. The van der Waals surface area contributed by atoms with Crippen LogP contribution in [0, 0.1) is 0 Å². The predicted molar refractivity (Wildman–Crippen MR) is 78.3 cm³/mol. The van der Waals surface area contributed by atoms with Crippen LogP contribution in [0.3, 0.4) is 0 Å². The van der Waals surface area contributed by atoms with E-state index in [-0.39, 0.29) is 6.03 Å². The Labute approximate surface area is 124 Å². The Morgan fingerprint density at radius 3 is 2.52 bits per heavy atom. The Hall–Kier alpha value is -1.59. The van der Waals surface area contributed by atoms with E-state index in [0.717, 1.165) is 31.5 Å². The minimum absolute atomic E-state index is 0.118. The number of carbonyl (C=O) groups is 1. The van der Waals surface area contributed by atoms with Gasteiger partial charge in [-0.3, -0.25) is 4.90 Å². The maximum absolute atomic E-state index is 12.7. The SMILES string of the molecule is O=C(N1CCC2(CC1)OCCO2)N1CCc2ccccc21. The maximum Gasteiger partial charge on any atom is 0.324 e. The summed E-state index contributed by atoms with van der Waals surface area (Å²) >= 11 is 0. The van der Waals surface area contributed by atoms with E-state index in [0.29, 0.717) is 26.3 Å². The topological polar surface area (TPSA) is 42.0 Å². The minimum Gasteiger partial charge on any atom is -0.347 e. The van der Waals surface area contributed by atoms with Gasteiger partial charge in [-0.1, -0.05) is 18.2 Å². The zero-order chi connectivity index (χ0) is 14.3. The fourth-order valence-electron chi connectivity index (χ4n) is 3.53. The molecule has 0 radical (unpaired) electrons. The molecule has 0 aromatic heterocycles. The lowest BCUT2D eigenvalue weighted by Gasteiger charge is -2.39. The lowest BCUT2D eigenvalue weighted by atomic mass is 10.0. The molecular formula is C16H20N2O3. The summed E-state index contributed by atoms with van der Waals surface area (Å²) in [5, 5.41) is 0. The summed E-state index contributed by atoms with van der Waals surface area (Å²) in [7, 11) is 0. The number of nitrogens with zero attached hydrogens (tertiary/aromatic N) is 2. The second-order valence-electron chi connectivity index (χ2n) is 5.91. The number of para-hydroxylation sites is 1. The third kappa shape index (κ3) is 2.21. The number of hydrogen-bond acceptors (Lipinski definition) is 3. The molecule has 0 unspecified atom stereocenters. The molecule has 0 N–H and O–H groups in total. The van der Waals surface area contributed by atoms with E-state index in [4.69, 9.17) is 9.47 Å². The molecule has 112 valence electrons. The van der Waals surface area contributed by atoms with Crippen molar-refractivity contribution in [2.75, 3.05) is 37.7 Å². The second kappa shape index (κ2) is 5.00. The van der Waals surface area contributed by atoms with E-state index in [1.807, 2.05) is 28.0 Å².